The van der Waals surface area contributed by atoms with E-state index in [2.05, 4.69) is 0 Å². The first-order valence-electron chi connectivity index (χ1n) is 5.06. The third-order valence-electron chi connectivity index (χ3n) is 2.50. The third-order valence-corrected chi connectivity index (χ3v) is 3.27. The molecule has 1 aromatic rings. The van der Waals surface area contributed by atoms with Crippen LogP contribution in [0.2, 0.25) is 0 Å². The Hall–Kier alpha value is -1.50. The summed E-state index contributed by atoms with van der Waals surface area (Å²) < 4.78 is 36.8. The largest absolute Gasteiger partial charge is 0.462 e. The summed E-state index contributed by atoms with van der Waals surface area (Å²) in [4.78, 5) is 23.2. The van der Waals surface area contributed by atoms with Gasteiger partial charge in [-0.3, -0.25) is 9.59 Å². The Morgan fingerprint density at radius 3 is 2.33 bits per heavy atom. The molecular formula is C11H8F3NO2S. The smallest absolute Gasteiger partial charge is 0.273 e. The van der Waals surface area contributed by atoms with Crippen LogP contribution < -0.4 is 0 Å². The van der Waals surface area contributed by atoms with Crippen molar-refractivity contribution >= 4 is 23.8 Å². The van der Waals surface area contributed by atoms with Crippen LogP contribution in [0.15, 0.2) is 30.3 Å². The summed E-state index contributed by atoms with van der Waals surface area (Å²) in [5.41, 5.74) is -4.09. The lowest BCUT2D eigenvalue weighted by Gasteiger charge is -2.14. The summed E-state index contributed by atoms with van der Waals surface area (Å²) in [7, 11) is 0. The van der Waals surface area contributed by atoms with Gasteiger partial charge in [-0.15, -0.1) is 0 Å². The second-order valence-electron chi connectivity index (χ2n) is 3.73. The van der Waals surface area contributed by atoms with Crippen LogP contribution in [0.1, 0.15) is 17.9 Å². The van der Waals surface area contributed by atoms with Crippen molar-refractivity contribution in [2.75, 3.05) is 0 Å². The maximum absolute atomic E-state index is 12.2. The topological polar surface area (TPSA) is 37.4 Å². The zero-order chi connectivity index (χ0) is 13.3. The van der Waals surface area contributed by atoms with Crippen LogP contribution in [0.25, 0.3) is 0 Å². The first-order valence-corrected chi connectivity index (χ1v) is 5.83. The van der Waals surface area contributed by atoms with E-state index in [9.17, 15) is 22.8 Å². The molecule has 1 saturated heterocycles. The number of halogens is 3. The van der Waals surface area contributed by atoms with Gasteiger partial charge in [-0.1, -0.05) is 30.3 Å². The number of amides is 2. The predicted molar refractivity (Wildman–Crippen MR) is 59.3 cm³/mol. The van der Waals surface area contributed by atoms with Crippen LogP contribution in [-0.4, -0.2) is 21.6 Å². The first-order chi connectivity index (χ1) is 8.38. The fourth-order valence-corrected chi connectivity index (χ4v) is 2.36. The summed E-state index contributed by atoms with van der Waals surface area (Å²) in [5, 5.41) is 0. The van der Waals surface area contributed by atoms with Crippen molar-refractivity contribution in [3.05, 3.63) is 35.9 Å². The minimum atomic E-state index is -4.64. The summed E-state index contributed by atoms with van der Waals surface area (Å²) in [6.07, 6.45) is -0.216. The lowest BCUT2D eigenvalue weighted by atomic mass is 9.98. The molecule has 1 aromatic carbocycles. The number of hydrogen-bond donors (Lipinski definition) is 0. The van der Waals surface area contributed by atoms with Crippen molar-refractivity contribution in [2.24, 2.45) is 0 Å². The van der Waals surface area contributed by atoms with Gasteiger partial charge in [0.05, 0.1) is 17.9 Å². The zero-order valence-corrected chi connectivity index (χ0v) is 9.79. The molecule has 0 bridgehead atoms. The maximum Gasteiger partial charge on any atom is 0.462 e. The van der Waals surface area contributed by atoms with E-state index in [-0.39, 0.29) is 10.7 Å². The van der Waals surface area contributed by atoms with Crippen molar-refractivity contribution < 1.29 is 22.8 Å². The number of alkyl halides is 3. The van der Waals surface area contributed by atoms with Gasteiger partial charge in [0.1, 0.15) is 0 Å². The molecule has 1 aliphatic rings. The van der Waals surface area contributed by atoms with Crippen molar-refractivity contribution in [3.8, 4) is 0 Å². The van der Waals surface area contributed by atoms with Crippen molar-refractivity contribution in [3.63, 3.8) is 0 Å². The Labute approximate surface area is 105 Å². The van der Waals surface area contributed by atoms with Crippen molar-refractivity contribution in [1.29, 1.82) is 0 Å². The number of carbonyl (C=O) groups excluding carboxylic acids is 2. The molecule has 1 fully saturated rings. The lowest BCUT2D eigenvalue weighted by Crippen LogP contribution is -2.27. The second kappa shape index (κ2) is 4.64. The second-order valence-corrected chi connectivity index (χ2v) is 4.74. The molecule has 0 aliphatic carbocycles. The van der Waals surface area contributed by atoms with E-state index < -0.39 is 35.2 Å². The highest BCUT2D eigenvalue weighted by molar-refractivity contribution is 7.98. The number of hydrogen-bond acceptors (Lipinski definition) is 3. The van der Waals surface area contributed by atoms with Gasteiger partial charge in [0, 0.05) is 6.42 Å². The average Bonchev–Trinajstić information content (AvgIpc) is 2.56. The number of imide groups is 1. The summed E-state index contributed by atoms with van der Waals surface area (Å²) in [5.74, 6) is -2.43. The van der Waals surface area contributed by atoms with Gasteiger partial charge in [0.25, 0.3) is 0 Å². The molecule has 0 aromatic heterocycles. The van der Waals surface area contributed by atoms with E-state index in [4.69, 9.17) is 0 Å². The number of benzene rings is 1. The molecule has 0 radical (unpaired) electrons. The van der Waals surface area contributed by atoms with Gasteiger partial charge in [-0.25, -0.2) is 4.31 Å². The Balaban J connectivity index is 2.20. The van der Waals surface area contributed by atoms with E-state index in [1.165, 1.54) is 0 Å². The molecule has 18 heavy (non-hydrogen) atoms. The molecular weight excluding hydrogens is 267 g/mol. The van der Waals surface area contributed by atoms with Crippen LogP contribution in [0, 0.1) is 0 Å². The maximum atomic E-state index is 12.2. The van der Waals surface area contributed by atoms with Crippen LogP contribution >= 0.6 is 11.9 Å². The van der Waals surface area contributed by atoms with Crippen LogP contribution in [0.4, 0.5) is 13.2 Å². The predicted octanol–water partition coefficient (Wildman–Crippen LogP) is 2.70. The molecule has 2 rings (SSSR count). The number of carbonyl (C=O) groups is 2. The molecule has 3 nitrogen and oxygen atoms in total. The highest BCUT2D eigenvalue weighted by atomic mass is 32.2. The van der Waals surface area contributed by atoms with E-state index in [0.717, 1.165) is 0 Å². The molecule has 1 atom stereocenters. The minimum Gasteiger partial charge on any atom is -0.273 e. The molecule has 96 valence electrons. The first kappa shape index (κ1) is 12.9. The molecule has 0 spiro atoms. The fraction of sp³-hybridized carbons (Fsp3) is 0.273. The minimum absolute atomic E-state index is 0.206. The molecule has 7 heteroatoms. The third kappa shape index (κ3) is 2.66. The Bertz CT molecular complexity index is 475. The van der Waals surface area contributed by atoms with Gasteiger partial charge in [0.15, 0.2) is 0 Å². The highest BCUT2D eigenvalue weighted by Gasteiger charge is 2.46. The van der Waals surface area contributed by atoms with Crippen molar-refractivity contribution in [1.82, 2.24) is 4.31 Å². The van der Waals surface area contributed by atoms with E-state index in [1.807, 2.05) is 0 Å². The van der Waals surface area contributed by atoms with Gasteiger partial charge in [-0.05, 0) is 5.56 Å². The summed E-state index contributed by atoms with van der Waals surface area (Å²) in [6.45, 7) is 0. The monoisotopic (exact) mass is 275 g/mol. The molecule has 0 saturated carbocycles. The standard InChI is InChI=1S/C11H8F3NO2S/c12-11(13,14)18-15-9(16)6-8(10(15)17)7-4-2-1-3-5-7/h1-5,8H,6H2. The van der Waals surface area contributed by atoms with Gasteiger partial charge < -0.3 is 0 Å². The lowest BCUT2D eigenvalue weighted by molar-refractivity contribution is -0.133. The Morgan fingerprint density at radius 2 is 1.78 bits per heavy atom. The molecule has 1 heterocycles. The SMILES string of the molecule is O=C1CC(c2ccccc2)C(=O)N1SC(F)(F)F. The quantitative estimate of drug-likeness (QED) is 0.615. The number of rotatable bonds is 2. The van der Waals surface area contributed by atoms with E-state index in [0.29, 0.717) is 5.56 Å². The van der Waals surface area contributed by atoms with E-state index >= 15 is 0 Å². The molecule has 2 amide bonds. The highest BCUT2D eigenvalue weighted by Crippen LogP contribution is 2.40. The normalized spacial score (nSPS) is 20.6. The van der Waals surface area contributed by atoms with Gasteiger partial charge in [0.2, 0.25) is 11.8 Å². The van der Waals surface area contributed by atoms with Crippen LogP contribution in [-0.2, 0) is 9.59 Å². The van der Waals surface area contributed by atoms with Crippen molar-refractivity contribution in [2.45, 2.75) is 17.8 Å². The Kier molecular flexibility index (Phi) is 3.34. The average molecular weight is 275 g/mol. The summed E-state index contributed by atoms with van der Waals surface area (Å²) in [6, 6.07) is 8.32. The molecule has 0 N–H and O–H groups in total. The number of nitrogens with zero attached hydrogens (tertiary/aromatic N) is 1. The molecule has 1 aliphatic heterocycles. The fourth-order valence-electron chi connectivity index (χ4n) is 1.75. The van der Waals surface area contributed by atoms with Gasteiger partial charge >= 0.3 is 5.51 Å². The molecule has 1 unspecified atom stereocenters. The van der Waals surface area contributed by atoms with E-state index in [1.54, 1.807) is 30.3 Å². The van der Waals surface area contributed by atoms with Gasteiger partial charge in [-0.2, -0.15) is 13.2 Å². The van der Waals surface area contributed by atoms with Crippen LogP contribution in [0.3, 0.4) is 0 Å². The van der Waals surface area contributed by atoms with Crippen LogP contribution in [0.5, 0.6) is 0 Å². The Morgan fingerprint density at radius 1 is 1.17 bits per heavy atom. The zero-order valence-electron chi connectivity index (χ0n) is 8.98. The summed E-state index contributed by atoms with van der Waals surface area (Å²) >= 11 is -0.687.